The summed E-state index contributed by atoms with van der Waals surface area (Å²) < 4.78 is 27.0. The van der Waals surface area contributed by atoms with Gasteiger partial charge in [0.25, 0.3) is 5.91 Å². The zero-order valence-corrected chi connectivity index (χ0v) is 14.7. The van der Waals surface area contributed by atoms with Crippen LogP contribution >= 0.6 is 11.3 Å². The minimum atomic E-state index is -0.654. The van der Waals surface area contributed by atoms with Crippen LogP contribution in [-0.2, 0) is 0 Å². The van der Waals surface area contributed by atoms with E-state index in [0.29, 0.717) is 22.7 Å². The van der Waals surface area contributed by atoms with E-state index in [1.165, 1.54) is 49.2 Å². The van der Waals surface area contributed by atoms with E-state index in [1.54, 1.807) is 5.38 Å². The number of benzene rings is 1. The van der Waals surface area contributed by atoms with Crippen LogP contribution in [0.1, 0.15) is 49.0 Å². The van der Waals surface area contributed by atoms with Crippen LogP contribution in [0.2, 0.25) is 0 Å². The molecule has 6 heteroatoms. The van der Waals surface area contributed by atoms with Gasteiger partial charge in [0.1, 0.15) is 22.3 Å². The molecule has 1 saturated heterocycles. The van der Waals surface area contributed by atoms with Crippen molar-refractivity contribution in [2.75, 3.05) is 6.54 Å². The van der Waals surface area contributed by atoms with Gasteiger partial charge < -0.3 is 4.90 Å². The quantitative estimate of drug-likeness (QED) is 0.763. The van der Waals surface area contributed by atoms with Gasteiger partial charge in [0.05, 0.1) is 0 Å². The fraction of sp³-hybridized carbons (Fsp3) is 0.474. The average molecular weight is 362 g/mol. The molecule has 2 aromatic rings. The van der Waals surface area contributed by atoms with E-state index in [4.69, 9.17) is 0 Å². The van der Waals surface area contributed by atoms with Crippen molar-refractivity contribution in [2.45, 2.75) is 44.6 Å². The van der Waals surface area contributed by atoms with Gasteiger partial charge in [-0.25, -0.2) is 13.8 Å². The summed E-state index contributed by atoms with van der Waals surface area (Å²) in [6.45, 7) is 0.776. The summed E-state index contributed by atoms with van der Waals surface area (Å²) >= 11 is 1.22. The number of aromatic nitrogens is 1. The van der Waals surface area contributed by atoms with E-state index in [0.717, 1.165) is 25.5 Å². The van der Waals surface area contributed by atoms with Crippen molar-refractivity contribution in [3.8, 4) is 10.6 Å². The van der Waals surface area contributed by atoms with E-state index in [2.05, 4.69) is 4.98 Å². The normalized spacial score (nSPS) is 23.4. The second-order valence-corrected chi connectivity index (χ2v) is 7.77. The van der Waals surface area contributed by atoms with Crippen molar-refractivity contribution in [1.82, 2.24) is 9.88 Å². The van der Waals surface area contributed by atoms with E-state index in [-0.39, 0.29) is 11.5 Å². The van der Waals surface area contributed by atoms with Gasteiger partial charge in [0.2, 0.25) is 0 Å². The molecule has 2 heterocycles. The van der Waals surface area contributed by atoms with Crippen molar-refractivity contribution < 1.29 is 13.6 Å². The number of hydrogen-bond acceptors (Lipinski definition) is 3. The Hall–Kier alpha value is -1.82. The van der Waals surface area contributed by atoms with Crippen LogP contribution < -0.4 is 0 Å². The summed E-state index contributed by atoms with van der Waals surface area (Å²) in [4.78, 5) is 19.3. The molecular weight excluding hydrogens is 342 g/mol. The topological polar surface area (TPSA) is 33.2 Å². The molecule has 25 heavy (non-hydrogen) atoms. The largest absolute Gasteiger partial charge is 0.334 e. The molecule has 0 N–H and O–H groups in total. The number of piperidine rings is 1. The summed E-state index contributed by atoms with van der Waals surface area (Å²) in [6.07, 6.45) is 6.95. The molecule has 0 spiro atoms. The lowest BCUT2D eigenvalue weighted by Gasteiger charge is -2.43. The average Bonchev–Trinajstić information content (AvgIpc) is 3.10. The summed E-state index contributed by atoms with van der Waals surface area (Å²) in [5, 5.41) is 2.10. The fourth-order valence-electron chi connectivity index (χ4n) is 4.18. The molecule has 1 saturated carbocycles. The zero-order valence-electron chi connectivity index (χ0n) is 13.9. The van der Waals surface area contributed by atoms with Gasteiger partial charge >= 0.3 is 0 Å². The predicted octanol–water partition coefficient (Wildman–Crippen LogP) is 4.88. The van der Waals surface area contributed by atoms with Crippen LogP contribution in [0.5, 0.6) is 0 Å². The molecule has 2 aliphatic rings. The lowest BCUT2D eigenvalue weighted by molar-refractivity contribution is 0.0386. The van der Waals surface area contributed by atoms with Gasteiger partial charge in [-0.15, -0.1) is 11.3 Å². The van der Waals surface area contributed by atoms with Crippen LogP contribution in [0.4, 0.5) is 8.78 Å². The smallest absolute Gasteiger partial charge is 0.273 e. The molecule has 3 nitrogen and oxygen atoms in total. The summed E-state index contributed by atoms with van der Waals surface area (Å²) in [5.41, 5.74) is 0.606. The standard InChI is InChI=1S/C19H20F2N2OS/c20-13-7-8-14(15(21)10-13)18-22-16(11-25-18)19(24)23-9-3-5-12-4-1-2-6-17(12)23/h7-8,10-12,17H,1-6,9H2. The second-order valence-electron chi connectivity index (χ2n) is 6.91. The fourth-order valence-corrected chi connectivity index (χ4v) is 5.00. The third kappa shape index (κ3) is 3.19. The number of amides is 1. The second kappa shape index (κ2) is 6.83. The first kappa shape index (κ1) is 16.6. The molecule has 132 valence electrons. The van der Waals surface area contributed by atoms with Gasteiger partial charge in [-0.1, -0.05) is 12.8 Å². The Morgan fingerprint density at radius 3 is 2.80 bits per heavy atom. The number of thiazole rings is 1. The lowest BCUT2D eigenvalue weighted by atomic mass is 9.78. The maximum absolute atomic E-state index is 14.0. The number of carbonyl (C=O) groups excluding carboxylic acids is 1. The molecule has 1 aromatic heterocycles. The summed E-state index contributed by atoms with van der Waals surface area (Å²) in [6, 6.07) is 3.74. The van der Waals surface area contributed by atoms with Crippen molar-refractivity contribution in [1.29, 1.82) is 0 Å². The molecule has 1 aliphatic carbocycles. The highest BCUT2D eigenvalue weighted by Crippen LogP contribution is 2.36. The predicted molar refractivity (Wildman–Crippen MR) is 93.5 cm³/mol. The van der Waals surface area contributed by atoms with Gasteiger partial charge in [-0.3, -0.25) is 4.79 Å². The van der Waals surface area contributed by atoms with E-state index in [1.807, 2.05) is 4.90 Å². The molecule has 1 aliphatic heterocycles. The van der Waals surface area contributed by atoms with Crippen LogP contribution in [0.25, 0.3) is 10.6 Å². The molecule has 2 fully saturated rings. The Bertz CT molecular complexity index is 789. The SMILES string of the molecule is O=C(c1csc(-c2ccc(F)cc2F)n1)N1CCCC2CCCCC21. The Morgan fingerprint density at radius 1 is 1.16 bits per heavy atom. The lowest BCUT2D eigenvalue weighted by Crippen LogP contribution is -2.49. The number of carbonyl (C=O) groups is 1. The molecule has 2 atom stereocenters. The number of fused-ring (bicyclic) bond motifs is 1. The van der Waals surface area contributed by atoms with Gasteiger partial charge in [-0.2, -0.15) is 0 Å². The number of nitrogens with zero attached hydrogens (tertiary/aromatic N) is 2. The first-order valence-electron chi connectivity index (χ1n) is 8.85. The van der Waals surface area contributed by atoms with Crippen molar-refractivity contribution in [3.05, 3.63) is 40.9 Å². The van der Waals surface area contributed by atoms with Gasteiger partial charge in [0, 0.05) is 29.6 Å². The number of hydrogen-bond donors (Lipinski definition) is 0. The minimum absolute atomic E-state index is 0.0541. The third-order valence-corrected chi connectivity index (χ3v) is 6.26. The van der Waals surface area contributed by atoms with E-state index in [9.17, 15) is 13.6 Å². The Labute approximate surface area is 149 Å². The van der Waals surface area contributed by atoms with Crippen LogP contribution in [0.15, 0.2) is 23.6 Å². The summed E-state index contributed by atoms with van der Waals surface area (Å²) in [7, 11) is 0. The monoisotopic (exact) mass is 362 g/mol. The Balaban J connectivity index is 1.58. The van der Waals surface area contributed by atoms with Gasteiger partial charge in [-0.05, 0) is 43.7 Å². The highest BCUT2D eigenvalue weighted by Gasteiger charge is 2.36. The molecular formula is C19H20F2N2OS. The van der Waals surface area contributed by atoms with Crippen molar-refractivity contribution in [3.63, 3.8) is 0 Å². The summed E-state index contributed by atoms with van der Waals surface area (Å²) in [5.74, 6) is -0.717. The zero-order chi connectivity index (χ0) is 17.4. The molecule has 2 unspecified atom stereocenters. The Morgan fingerprint density at radius 2 is 1.96 bits per heavy atom. The van der Waals surface area contributed by atoms with Crippen molar-refractivity contribution >= 4 is 17.2 Å². The van der Waals surface area contributed by atoms with Crippen molar-refractivity contribution in [2.24, 2.45) is 5.92 Å². The molecule has 1 aromatic carbocycles. The van der Waals surface area contributed by atoms with Crippen LogP contribution in [0, 0.1) is 17.6 Å². The van der Waals surface area contributed by atoms with Crippen LogP contribution in [-0.4, -0.2) is 28.4 Å². The molecule has 4 rings (SSSR count). The number of halogens is 2. The van der Waals surface area contributed by atoms with Crippen LogP contribution in [0.3, 0.4) is 0 Å². The highest BCUT2D eigenvalue weighted by atomic mass is 32.1. The van der Waals surface area contributed by atoms with Gasteiger partial charge in [0.15, 0.2) is 0 Å². The van der Waals surface area contributed by atoms with E-state index < -0.39 is 11.6 Å². The van der Waals surface area contributed by atoms with E-state index >= 15 is 0 Å². The molecule has 1 amide bonds. The highest BCUT2D eigenvalue weighted by molar-refractivity contribution is 7.13. The molecule has 0 bridgehead atoms. The third-order valence-electron chi connectivity index (χ3n) is 5.39. The Kier molecular flexibility index (Phi) is 4.54. The number of likely N-dealkylation sites (tertiary alicyclic amines) is 1. The number of rotatable bonds is 2. The minimum Gasteiger partial charge on any atom is -0.334 e. The molecule has 0 radical (unpaired) electrons. The maximum Gasteiger partial charge on any atom is 0.273 e. The first-order chi connectivity index (χ1) is 12.1. The maximum atomic E-state index is 14.0. The first-order valence-corrected chi connectivity index (χ1v) is 9.73.